The average molecular weight is 219 g/mol. The fourth-order valence-electron chi connectivity index (χ4n) is 1.74. The lowest BCUT2D eigenvalue weighted by Gasteiger charge is -2.09. The Bertz CT molecular complexity index is 308. The fourth-order valence-corrected chi connectivity index (χ4v) is 1.74. The van der Waals surface area contributed by atoms with Crippen LogP contribution < -0.4 is 0 Å². The van der Waals surface area contributed by atoms with E-state index in [0.717, 1.165) is 18.5 Å². The molecule has 0 aliphatic heterocycles. The summed E-state index contributed by atoms with van der Waals surface area (Å²) in [7, 11) is 0. The van der Waals surface area contributed by atoms with Gasteiger partial charge < -0.3 is 0 Å². The Labute approximate surface area is 98.1 Å². The molecule has 0 fully saturated rings. The number of carbonyl (C=O) groups excluding carboxylic acids is 1. The third-order valence-electron chi connectivity index (χ3n) is 2.89. The molecular weight excluding hydrogens is 198 g/mol. The molecule has 0 saturated heterocycles. The standard InChI is InChI=1S/C14H21NO/c1-3-4-5-6-10-14(16)12(2)13-9-7-8-11-15-13/h7-9,11-12H,3-6,10H2,1-2H3. The van der Waals surface area contributed by atoms with Crippen molar-refractivity contribution in [1.29, 1.82) is 0 Å². The maximum atomic E-state index is 11.9. The zero-order chi connectivity index (χ0) is 11.8. The molecule has 16 heavy (non-hydrogen) atoms. The van der Waals surface area contributed by atoms with Crippen molar-refractivity contribution < 1.29 is 4.79 Å². The van der Waals surface area contributed by atoms with Gasteiger partial charge in [-0.3, -0.25) is 9.78 Å². The molecule has 1 atom stereocenters. The molecule has 0 amide bonds. The minimum absolute atomic E-state index is 0.0529. The largest absolute Gasteiger partial charge is 0.299 e. The second-order valence-corrected chi connectivity index (χ2v) is 4.25. The van der Waals surface area contributed by atoms with Crippen molar-refractivity contribution in [2.45, 2.75) is 51.9 Å². The van der Waals surface area contributed by atoms with E-state index in [0.29, 0.717) is 12.2 Å². The first-order valence-electron chi connectivity index (χ1n) is 6.19. The highest BCUT2D eigenvalue weighted by molar-refractivity contribution is 5.84. The minimum Gasteiger partial charge on any atom is -0.299 e. The molecular formula is C14H21NO. The van der Waals surface area contributed by atoms with Gasteiger partial charge in [-0.2, -0.15) is 0 Å². The van der Waals surface area contributed by atoms with Crippen LogP contribution in [0.4, 0.5) is 0 Å². The molecule has 1 unspecified atom stereocenters. The van der Waals surface area contributed by atoms with Crippen LogP contribution in [-0.4, -0.2) is 10.8 Å². The molecule has 2 nitrogen and oxygen atoms in total. The molecule has 0 spiro atoms. The molecule has 1 aromatic rings. The predicted octanol–water partition coefficient (Wildman–Crippen LogP) is 3.72. The number of unbranched alkanes of at least 4 members (excludes halogenated alkanes) is 3. The minimum atomic E-state index is -0.0529. The van der Waals surface area contributed by atoms with Gasteiger partial charge in [0.05, 0.1) is 11.6 Å². The summed E-state index contributed by atoms with van der Waals surface area (Å²) in [4.78, 5) is 16.1. The molecule has 0 bridgehead atoms. The summed E-state index contributed by atoms with van der Waals surface area (Å²) in [6.45, 7) is 4.13. The van der Waals surface area contributed by atoms with E-state index in [2.05, 4.69) is 11.9 Å². The summed E-state index contributed by atoms with van der Waals surface area (Å²) in [5.41, 5.74) is 0.892. The van der Waals surface area contributed by atoms with Gasteiger partial charge in [0.25, 0.3) is 0 Å². The van der Waals surface area contributed by atoms with E-state index in [1.165, 1.54) is 12.8 Å². The van der Waals surface area contributed by atoms with Crippen LogP contribution in [0.25, 0.3) is 0 Å². The summed E-state index contributed by atoms with van der Waals surface area (Å²) >= 11 is 0. The van der Waals surface area contributed by atoms with Crippen molar-refractivity contribution in [3.8, 4) is 0 Å². The highest BCUT2D eigenvalue weighted by atomic mass is 16.1. The maximum Gasteiger partial charge on any atom is 0.141 e. The second-order valence-electron chi connectivity index (χ2n) is 4.25. The van der Waals surface area contributed by atoms with Gasteiger partial charge in [0.2, 0.25) is 0 Å². The van der Waals surface area contributed by atoms with E-state index < -0.39 is 0 Å². The summed E-state index contributed by atoms with van der Waals surface area (Å²) in [5.74, 6) is 0.262. The number of carbonyl (C=O) groups is 1. The topological polar surface area (TPSA) is 30.0 Å². The van der Waals surface area contributed by atoms with Crippen molar-refractivity contribution in [2.24, 2.45) is 0 Å². The van der Waals surface area contributed by atoms with Gasteiger partial charge in [-0.1, -0.05) is 32.3 Å². The van der Waals surface area contributed by atoms with E-state index in [4.69, 9.17) is 0 Å². The fraction of sp³-hybridized carbons (Fsp3) is 0.571. The smallest absolute Gasteiger partial charge is 0.141 e. The van der Waals surface area contributed by atoms with Crippen LogP contribution in [0.1, 0.15) is 57.6 Å². The third-order valence-corrected chi connectivity index (χ3v) is 2.89. The molecule has 0 saturated carbocycles. The van der Waals surface area contributed by atoms with Crippen LogP contribution in [0.15, 0.2) is 24.4 Å². The summed E-state index contributed by atoms with van der Waals surface area (Å²) < 4.78 is 0. The Morgan fingerprint density at radius 3 is 2.75 bits per heavy atom. The van der Waals surface area contributed by atoms with Crippen molar-refractivity contribution in [3.05, 3.63) is 30.1 Å². The van der Waals surface area contributed by atoms with E-state index in [-0.39, 0.29) is 5.92 Å². The van der Waals surface area contributed by atoms with Gasteiger partial charge >= 0.3 is 0 Å². The quantitative estimate of drug-likeness (QED) is 0.654. The van der Waals surface area contributed by atoms with Gasteiger partial charge in [-0.15, -0.1) is 0 Å². The van der Waals surface area contributed by atoms with E-state index in [1.807, 2.05) is 25.1 Å². The van der Waals surface area contributed by atoms with Crippen molar-refractivity contribution in [2.75, 3.05) is 0 Å². The lowest BCUT2D eigenvalue weighted by Crippen LogP contribution is -2.10. The van der Waals surface area contributed by atoms with Crippen LogP contribution in [-0.2, 0) is 4.79 Å². The normalized spacial score (nSPS) is 12.4. The SMILES string of the molecule is CCCCCCC(=O)C(C)c1ccccn1. The average Bonchev–Trinajstić information content (AvgIpc) is 2.34. The van der Waals surface area contributed by atoms with E-state index >= 15 is 0 Å². The van der Waals surface area contributed by atoms with Gasteiger partial charge in [0.15, 0.2) is 0 Å². The lowest BCUT2D eigenvalue weighted by molar-refractivity contribution is -0.120. The van der Waals surface area contributed by atoms with Gasteiger partial charge in [0.1, 0.15) is 5.78 Å². The van der Waals surface area contributed by atoms with Crippen molar-refractivity contribution in [3.63, 3.8) is 0 Å². The molecule has 2 heteroatoms. The number of hydrogen-bond donors (Lipinski definition) is 0. The Morgan fingerprint density at radius 2 is 2.12 bits per heavy atom. The van der Waals surface area contributed by atoms with Crippen LogP contribution in [0.3, 0.4) is 0 Å². The Morgan fingerprint density at radius 1 is 1.31 bits per heavy atom. The number of ketones is 1. The predicted molar refractivity (Wildman–Crippen MR) is 66.4 cm³/mol. The monoisotopic (exact) mass is 219 g/mol. The highest BCUT2D eigenvalue weighted by Gasteiger charge is 2.15. The molecule has 0 N–H and O–H groups in total. The third kappa shape index (κ3) is 4.13. The van der Waals surface area contributed by atoms with E-state index in [9.17, 15) is 4.79 Å². The molecule has 0 aromatic carbocycles. The molecule has 0 aliphatic carbocycles. The molecule has 1 rings (SSSR count). The number of hydrogen-bond acceptors (Lipinski definition) is 2. The van der Waals surface area contributed by atoms with Crippen LogP contribution >= 0.6 is 0 Å². The van der Waals surface area contributed by atoms with E-state index in [1.54, 1.807) is 6.20 Å². The summed E-state index contributed by atoms with van der Waals surface area (Å²) in [6.07, 6.45) is 7.06. The first kappa shape index (κ1) is 12.9. The van der Waals surface area contributed by atoms with Crippen LogP contribution in [0.2, 0.25) is 0 Å². The number of pyridine rings is 1. The van der Waals surface area contributed by atoms with Crippen molar-refractivity contribution >= 4 is 5.78 Å². The van der Waals surface area contributed by atoms with Gasteiger partial charge in [-0.25, -0.2) is 0 Å². The van der Waals surface area contributed by atoms with Crippen LogP contribution in [0.5, 0.6) is 0 Å². The molecule has 1 heterocycles. The Hall–Kier alpha value is -1.18. The lowest BCUT2D eigenvalue weighted by atomic mass is 9.97. The zero-order valence-electron chi connectivity index (χ0n) is 10.3. The number of rotatable bonds is 7. The number of nitrogens with zero attached hydrogens (tertiary/aromatic N) is 1. The van der Waals surface area contributed by atoms with Crippen LogP contribution in [0, 0.1) is 0 Å². The molecule has 1 aromatic heterocycles. The first-order valence-corrected chi connectivity index (χ1v) is 6.19. The molecule has 88 valence electrons. The summed E-state index contributed by atoms with van der Waals surface area (Å²) in [5, 5.41) is 0. The zero-order valence-corrected chi connectivity index (χ0v) is 10.3. The van der Waals surface area contributed by atoms with Gasteiger partial charge in [-0.05, 0) is 25.5 Å². The van der Waals surface area contributed by atoms with Crippen molar-refractivity contribution in [1.82, 2.24) is 4.98 Å². The Balaban J connectivity index is 2.37. The first-order chi connectivity index (χ1) is 7.75. The molecule has 0 aliphatic rings. The number of aromatic nitrogens is 1. The Kier molecular flexibility index (Phi) is 5.76. The maximum absolute atomic E-state index is 11.9. The highest BCUT2D eigenvalue weighted by Crippen LogP contribution is 2.16. The summed E-state index contributed by atoms with van der Waals surface area (Å²) in [6, 6.07) is 5.74. The van der Waals surface area contributed by atoms with Gasteiger partial charge in [0, 0.05) is 12.6 Å². The second kappa shape index (κ2) is 7.15. The molecule has 0 radical (unpaired) electrons. The number of Topliss-reactive ketones (excluding diaryl/α,β-unsaturated/α-hetero) is 1.